The summed E-state index contributed by atoms with van der Waals surface area (Å²) in [6.07, 6.45) is 0.700. The molecule has 1 saturated heterocycles. The zero-order valence-corrected chi connectivity index (χ0v) is 18.3. The minimum absolute atomic E-state index is 0.0202. The molecule has 1 aliphatic rings. The minimum Gasteiger partial charge on any atom is -0.341 e. The fourth-order valence-electron chi connectivity index (χ4n) is 3.35. The van der Waals surface area contributed by atoms with E-state index in [1.54, 1.807) is 18.9 Å². The van der Waals surface area contributed by atoms with Gasteiger partial charge in [0.2, 0.25) is 21.8 Å². The number of aryl methyl sites for hydroxylation is 1. The average Bonchev–Trinajstić information content (AvgIpc) is 3.20. The van der Waals surface area contributed by atoms with E-state index in [1.807, 2.05) is 30.3 Å². The van der Waals surface area contributed by atoms with Gasteiger partial charge in [-0.25, -0.2) is 8.42 Å². The molecule has 0 unspecified atom stereocenters. The molecule has 1 aliphatic heterocycles. The van der Waals surface area contributed by atoms with Gasteiger partial charge in [-0.3, -0.25) is 9.69 Å². The van der Waals surface area contributed by atoms with Crippen molar-refractivity contribution in [1.29, 1.82) is 0 Å². The Bertz CT molecular complexity index is 924. The van der Waals surface area contributed by atoms with Gasteiger partial charge in [0.1, 0.15) is 0 Å². The third-order valence-corrected chi connectivity index (χ3v) is 7.09. The summed E-state index contributed by atoms with van der Waals surface area (Å²) in [7, 11) is -1.35. The summed E-state index contributed by atoms with van der Waals surface area (Å²) >= 11 is 0. The number of hydrogen-bond acceptors (Lipinski definition) is 7. The topological polar surface area (TPSA) is 99.8 Å². The van der Waals surface area contributed by atoms with Gasteiger partial charge < -0.3 is 9.42 Å². The lowest BCUT2D eigenvalue weighted by Crippen LogP contribution is -2.48. The Kier molecular flexibility index (Phi) is 7.57. The van der Waals surface area contributed by atoms with Crippen LogP contribution in [-0.2, 0) is 34.3 Å². The van der Waals surface area contributed by atoms with E-state index in [-0.39, 0.29) is 11.7 Å². The van der Waals surface area contributed by atoms with Crippen LogP contribution in [0.4, 0.5) is 0 Å². The van der Waals surface area contributed by atoms with Crippen LogP contribution in [-0.4, -0.2) is 77.6 Å². The first-order chi connectivity index (χ1) is 14.4. The highest BCUT2D eigenvalue weighted by atomic mass is 32.2. The summed E-state index contributed by atoms with van der Waals surface area (Å²) in [5.41, 5.74) is 1.08. The molecule has 0 N–H and O–H groups in total. The van der Waals surface area contributed by atoms with Crippen molar-refractivity contribution in [2.75, 3.05) is 39.0 Å². The van der Waals surface area contributed by atoms with Crippen LogP contribution in [0.1, 0.15) is 30.6 Å². The molecule has 2 heterocycles. The van der Waals surface area contributed by atoms with E-state index in [0.717, 1.165) is 5.56 Å². The second kappa shape index (κ2) is 10.1. The summed E-state index contributed by atoms with van der Waals surface area (Å²) in [5.74, 6) is 1.15. The predicted molar refractivity (Wildman–Crippen MR) is 112 cm³/mol. The number of amides is 1. The lowest BCUT2D eigenvalue weighted by molar-refractivity contribution is -0.130. The lowest BCUT2D eigenvalue weighted by atomic mass is 10.2. The number of carbonyl (C=O) groups excluding carboxylic acids is 1. The quantitative estimate of drug-likeness (QED) is 0.582. The molecule has 10 heteroatoms. The molecule has 1 amide bonds. The highest BCUT2D eigenvalue weighted by Crippen LogP contribution is 2.11. The second-order valence-electron chi connectivity index (χ2n) is 7.42. The van der Waals surface area contributed by atoms with E-state index in [9.17, 15) is 13.2 Å². The van der Waals surface area contributed by atoms with E-state index >= 15 is 0 Å². The molecule has 2 aromatic rings. The maximum atomic E-state index is 12.4. The number of hydrogen-bond donors (Lipinski definition) is 0. The van der Waals surface area contributed by atoms with Crippen molar-refractivity contribution in [3.05, 3.63) is 47.6 Å². The smallest absolute Gasteiger partial charge is 0.227 e. The van der Waals surface area contributed by atoms with Crippen LogP contribution in [0.3, 0.4) is 0 Å². The number of aromatic nitrogens is 2. The third-order valence-electron chi connectivity index (χ3n) is 5.21. The van der Waals surface area contributed by atoms with Crippen molar-refractivity contribution in [1.82, 2.24) is 24.2 Å². The van der Waals surface area contributed by atoms with Crippen molar-refractivity contribution < 1.29 is 17.7 Å². The molecule has 0 radical (unpaired) electrons. The largest absolute Gasteiger partial charge is 0.341 e. The number of nitrogens with zero attached hydrogens (tertiary/aromatic N) is 5. The fourth-order valence-corrected chi connectivity index (χ4v) is 4.44. The Labute approximate surface area is 177 Å². The molecule has 0 saturated carbocycles. The van der Waals surface area contributed by atoms with Crippen molar-refractivity contribution in [2.45, 2.75) is 32.9 Å². The van der Waals surface area contributed by atoms with E-state index in [0.29, 0.717) is 63.8 Å². The van der Waals surface area contributed by atoms with Crippen LogP contribution in [0.25, 0.3) is 0 Å². The Balaban J connectivity index is 1.42. The van der Waals surface area contributed by atoms with Crippen molar-refractivity contribution >= 4 is 15.9 Å². The highest BCUT2D eigenvalue weighted by molar-refractivity contribution is 7.89. The maximum absolute atomic E-state index is 12.4. The number of benzene rings is 1. The molecule has 30 heavy (non-hydrogen) atoms. The molecule has 1 aromatic heterocycles. The maximum Gasteiger partial charge on any atom is 0.227 e. The van der Waals surface area contributed by atoms with Crippen molar-refractivity contribution in [3.8, 4) is 0 Å². The summed E-state index contributed by atoms with van der Waals surface area (Å²) in [6, 6.07) is 9.84. The molecule has 0 atom stereocenters. The van der Waals surface area contributed by atoms with Gasteiger partial charge in [0.25, 0.3) is 0 Å². The zero-order valence-electron chi connectivity index (χ0n) is 17.5. The van der Waals surface area contributed by atoms with Crippen LogP contribution in [0, 0.1) is 0 Å². The van der Waals surface area contributed by atoms with Crippen LogP contribution in [0.5, 0.6) is 0 Å². The van der Waals surface area contributed by atoms with Gasteiger partial charge in [-0.15, -0.1) is 0 Å². The molecular weight excluding hydrogens is 406 g/mol. The van der Waals surface area contributed by atoms with Crippen molar-refractivity contribution in [2.24, 2.45) is 0 Å². The number of carbonyl (C=O) groups is 1. The summed E-state index contributed by atoms with van der Waals surface area (Å²) in [4.78, 5) is 20.5. The van der Waals surface area contributed by atoms with E-state index < -0.39 is 10.0 Å². The molecule has 164 valence electrons. The van der Waals surface area contributed by atoms with Gasteiger partial charge in [-0.05, 0) is 12.5 Å². The van der Waals surface area contributed by atoms with Gasteiger partial charge >= 0.3 is 0 Å². The Morgan fingerprint density at radius 2 is 1.87 bits per heavy atom. The number of rotatable bonds is 9. The Hall–Kier alpha value is -2.30. The molecule has 1 aromatic carbocycles. The average molecular weight is 436 g/mol. The third kappa shape index (κ3) is 6.10. The normalized spacial score (nSPS) is 15.9. The zero-order chi connectivity index (χ0) is 21.6. The monoisotopic (exact) mass is 435 g/mol. The van der Waals surface area contributed by atoms with Gasteiger partial charge in [-0.1, -0.05) is 35.5 Å². The van der Waals surface area contributed by atoms with E-state index in [2.05, 4.69) is 15.0 Å². The standard InChI is InChI=1S/C20H29N5O4S/c1-3-30(27,28)25-13-11-24(12-14-25)16-18-21-19(29-22-18)9-10-20(26)23(2)15-17-7-5-4-6-8-17/h4-8H,3,9-16H2,1-2H3. The van der Waals surface area contributed by atoms with Gasteiger partial charge in [0.05, 0.1) is 12.3 Å². The van der Waals surface area contributed by atoms with Gasteiger partial charge in [0, 0.05) is 52.6 Å². The summed E-state index contributed by atoms with van der Waals surface area (Å²) in [5, 5.41) is 4.00. The molecule has 0 spiro atoms. The molecule has 0 aliphatic carbocycles. The number of piperazine rings is 1. The molecule has 1 fully saturated rings. The first-order valence-corrected chi connectivity index (χ1v) is 11.8. The van der Waals surface area contributed by atoms with E-state index in [1.165, 1.54) is 4.31 Å². The SMILES string of the molecule is CCS(=O)(=O)N1CCN(Cc2noc(CCC(=O)N(C)Cc3ccccc3)n2)CC1. The van der Waals surface area contributed by atoms with Crippen LogP contribution >= 0.6 is 0 Å². The van der Waals surface area contributed by atoms with Crippen LogP contribution < -0.4 is 0 Å². The highest BCUT2D eigenvalue weighted by Gasteiger charge is 2.26. The molecule has 0 bridgehead atoms. The first kappa shape index (κ1) is 22.4. The van der Waals surface area contributed by atoms with Gasteiger partial charge in [0.15, 0.2) is 5.82 Å². The predicted octanol–water partition coefficient (Wildman–Crippen LogP) is 1.13. The fraction of sp³-hybridized carbons (Fsp3) is 0.550. The Morgan fingerprint density at radius 1 is 1.17 bits per heavy atom. The summed E-state index contributed by atoms with van der Waals surface area (Å²) in [6.45, 7) is 4.94. The summed E-state index contributed by atoms with van der Waals surface area (Å²) < 4.78 is 30.7. The lowest BCUT2D eigenvalue weighted by Gasteiger charge is -2.32. The number of sulfonamides is 1. The Morgan fingerprint density at radius 3 is 2.53 bits per heavy atom. The first-order valence-electron chi connectivity index (χ1n) is 10.2. The molecule has 3 rings (SSSR count). The second-order valence-corrected chi connectivity index (χ2v) is 9.67. The molecule has 9 nitrogen and oxygen atoms in total. The molecular formula is C20H29N5O4S. The minimum atomic E-state index is -3.14. The van der Waals surface area contributed by atoms with E-state index in [4.69, 9.17) is 4.52 Å². The van der Waals surface area contributed by atoms with Gasteiger partial charge in [-0.2, -0.15) is 9.29 Å². The van der Waals surface area contributed by atoms with Crippen LogP contribution in [0.2, 0.25) is 0 Å². The van der Waals surface area contributed by atoms with Crippen molar-refractivity contribution in [3.63, 3.8) is 0 Å². The van der Waals surface area contributed by atoms with Crippen LogP contribution in [0.15, 0.2) is 34.9 Å².